The molecule has 0 aliphatic rings. The van der Waals surface area contributed by atoms with Gasteiger partial charge in [-0.25, -0.2) is 4.39 Å². The second-order valence-electron chi connectivity index (χ2n) is 3.59. The van der Waals surface area contributed by atoms with E-state index in [-0.39, 0.29) is 5.69 Å². The number of halogens is 1. The molecule has 14 heavy (non-hydrogen) atoms. The average molecular weight is 214 g/mol. The molecule has 0 heterocycles. The van der Waals surface area contributed by atoms with E-state index in [4.69, 9.17) is 11.5 Å². The van der Waals surface area contributed by atoms with Crippen LogP contribution in [0, 0.1) is 11.7 Å². The summed E-state index contributed by atoms with van der Waals surface area (Å²) in [6.07, 6.45) is 0. The van der Waals surface area contributed by atoms with Gasteiger partial charge in [-0.3, -0.25) is 0 Å². The fourth-order valence-electron chi connectivity index (χ4n) is 0.956. The van der Waals surface area contributed by atoms with Gasteiger partial charge in [0.25, 0.3) is 0 Å². The highest BCUT2D eigenvalue weighted by Crippen LogP contribution is 2.30. The van der Waals surface area contributed by atoms with Crippen LogP contribution in [0.4, 0.5) is 15.8 Å². The van der Waals surface area contributed by atoms with Crippen LogP contribution in [-0.2, 0) is 0 Å². The fourth-order valence-corrected chi connectivity index (χ4v) is 1.87. The standard InChI is InChI=1S/C10H15FN2S/c1-6(2)5-14-8-4-3-7(12)10(13)9(8)11/h3-4,6H,5,12-13H2,1-2H3. The van der Waals surface area contributed by atoms with Crippen molar-refractivity contribution in [2.45, 2.75) is 18.7 Å². The molecule has 0 spiro atoms. The molecule has 0 aliphatic heterocycles. The monoisotopic (exact) mass is 214 g/mol. The van der Waals surface area contributed by atoms with Crippen molar-refractivity contribution in [2.24, 2.45) is 5.92 Å². The summed E-state index contributed by atoms with van der Waals surface area (Å²) >= 11 is 1.47. The molecular weight excluding hydrogens is 199 g/mol. The van der Waals surface area contributed by atoms with E-state index in [9.17, 15) is 4.39 Å². The third kappa shape index (κ3) is 2.54. The summed E-state index contributed by atoms with van der Waals surface area (Å²) in [6, 6.07) is 3.31. The van der Waals surface area contributed by atoms with Gasteiger partial charge in [-0.2, -0.15) is 0 Å². The first kappa shape index (κ1) is 11.2. The Labute approximate surface area is 87.9 Å². The lowest BCUT2D eigenvalue weighted by Gasteiger charge is -2.08. The van der Waals surface area contributed by atoms with Crippen molar-refractivity contribution >= 4 is 23.1 Å². The van der Waals surface area contributed by atoms with E-state index in [0.717, 1.165) is 5.75 Å². The van der Waals surface area contributed by atoms with Crippen LogP contribution in [0.15, 0.2) is 17.0 Å². The van der Waals surface area contributed by atoms with Crippen molar-refractivity contribution in [3.8, 4) is 0 Å². The highest BCUT2D eigenvalue weighted by Gasteiger charge is 2.09. The van der Waals surface area contributed by atoms with Crippen molar-refractivity contribution in [1.29, 1.82) is 0 Å². The number of nitrogen functional groups attached to an aromatic ring is 2. The molecule has 1 aromatic rings. The highest BCUT2D eigenvalue weighted by molar-refractivity contribution is 7.99. The van der Waals surface area contributed by atoms with Gasteiger partial charge >= 0.3 is 0 Å². The van der Waals surface area contributed by atoms with E-state index < -0.39 is 5.82 Å². The first-order chi connectivity index (χ1) is 6.52. The van der Waals surface area contributed by atoms with Gasteiger partial charge in [0.05, 0.1) is 11.4 Å². The van der Waals surface area contributed by atoms with Crippen molar-refractivity contribution in [3.05, 3.63) is 17.9 Å². The van der Waals surface area contributed by atoms with E-state index in [1.54, 1.807) is 12.1 Å². The van der Waals surface area contributed by atoms with Crippen LogP contribution in [0.2, 0.25) is 0 Å². The maximum atomic E-state index is 13.5. The summed E-state index contributed by atoms with van der Waals surface area (Å²) in [5.41, 5.74) is 11.3. The SMILES string of the molecule is CC(C)CSc1ccc(N)c(N)c1F. The number of hydrogen-bond acceptors (Lipinski definition) is 3. The zero-order valence-electron chi connectivity index (χ0n) is 8.38. The minimum atomic E-state index is -0.393. The van der Waals surface area contributed by atoms with Crippen molar-refractivity contribution in [2.75, 3.05) is 17.2 Å². The van der Waals surface area contributed by atoms with Crippen LogP contribution in [0.1, 0.15) is 13.8 Å². The third-order valence-electron chi connectivity index (χ3n) is 1.75. The smallest absolute Gasteiger partial charge is 0.161 e. The summed E-state index contributed by atoms with van der Waals surface area (Å²) in [5, 5.41) is 0. The van der Waals surface area contributed by atoms with Gasteiger partial charge < -0.3 is 11.5 Å². The molecular formula is C10H15FN2S. The van der Waals surface area contributed by atoms with Gasteiger partial charge in [0.15, 0.2) is 5.82 Å². The summed E-state index contributed by atoms with van der Waals surface area (Å²) in [7, 11) is 0. The topological polar surface area (TPSA) is 52.0 Å². The molecule has 4 N–H and O–H groups in total. The van der Waals surface area contributed by atoms with Gasteiger partial charge in [-0.1, -0.05) is 13.8 Å². The lowest BCUT2D eigenvalue weighted by atomic mass is 10.2. The Morgan fingerprint density at radius 1 is 1.36 bits per heavy atom. The van der Waals surface area contributed by atoms with Gasteiger partial charge in [-0.05, 0) is 18.1 Å². The number of thioether (sulfide) groups is 1. The van der Waals surface area contributed by atoms with E-state index in [1.807, 2.05) is 0 Å². The first-order valence-electron chi connectivity index (χ1n) is 4.48. The Hall–Kier alpha value is -0.900. The Kier molecular flexibility index (Phi) is 3.63. The third-order valence-corrected chi connectivity index (χ3v) is 3.21. The van der Waals surface area contributed by atoms with Crippen LogP contribution < -0.4 is 11.5 Å². The maximum absolute atomic E-state index is 13.5. The van der Waals surface area contributed by atoms with Crippen molar-refractivity contribution in [3.63, 3.8) is 0 Å². The second-order valence-corrected chi connectivity index (χ2v) is 4.65. The summed E-state index contributed by atoms with van der Waals surface area (Å²) < 4.78 is 13.5. The number of nitrogens with two attached hydrogens (primary N) is 2. The van der Waals surface area contributed by atoms with Crippen LogP contribution >= 0.6 is 11.8 Å². The molecule has 0 saturated carbocycles. The summed E-state index contributed by atoms with van der Waals surface area (Å²) in [5.74, 6) is 1.01. The van der Waals surface area contributed by atoms with E-state index in [0.29, 0.717) is 16.5 Å². The largest absolute Gasteiger partial charge is 0.397 e. The van der Waals surface area contributed by atoms with Crippen molar-refractivity contribution in [1.82, 2.24) is 0 Å². The molecule has 0 aliphatic carbocycles. The quantitative estimate of drug-likeness (QED) is 0.601. The summed E-state index contributed by atoms with van der Waals surface area (Å²) in [4.78, 5) is 0.574. The van der Waals surface area contributed by atoms with Gasteiger partial charge in [-0.15, -0.1) is 11.8 Å². The number of rotatable bonds is 3. The minimum Gasteiger partial charge on any atom is -0.397 e. The molecule has 0 amide bonds. The van der Waals surface area contributed by atoms with E-state index in [1.165, 1.54) is 11.8 Å². The molecule has 0 bridgehead atoms. The second kappa shape index (κ2) is 4.55. The molecule has 0 aromatic heterocycles. The molecule has 2 nitrogen and oxygen atoms in total. The fraction of sp³-hybridized carbons (Fsp3) is 0.400. The lowest BCUT2D eigenvalue weighted by molar-refractivity contribution is 0.607. The lowest BCUT2D eigenvalue weighted by Crippen LogP contribution is -2.00. The molecule has 0 fully saturated rings. The summed E-state index contributed by atoms with van der Waals surface area (Å²) in [6.45, 7) is 4.18. The zero-order valence-corrected chi connectivity index (χ0v) is 9.20. The first-order valence-corrected chi connectivity index (χ1v) is 5.47. The minimum absolute atomic E-state index is 0.0544. The Bertz CT molecular complexity index is 326. The maximum Gasteiger partial charge on any atom is 0.161 e. The highest BCUT2D eigenvalue weighted by atomic mass is 32.2. The molecule has 0 unspecified atom stereocenters. The van der Waals surface area contributed by atoms with Gasteiger partial charge in [0.2, 0.25) is 0 Å². The van der Waals surface area contributed by atoms with Crippen LogP contribution in [0.5, 0.6) is 0 Å². The van der Waals surface area contributed by atoms with Crippen molar-refractivity contribution < 1.29 is 4.39 Å². The predicted octanol–water partition coefficient (Wildman–Crippen LogP) is 2.74. The average Bonchev–Trinajstić information content (AvgIpc) is 2.13. The van der Waals surface area contributed by atoms with E-state index in [2.05, 4.69) is 13.8 Å². The molecule has 0 atom stereocenters. The van der Waals surface area contributed by atoms with E-state index >= 15 is 0 Å². The van der Waals surface area contributed by atoms with Gasteiger partial charge in [0.1, 0.15) is 0 Å². The number of benzene rings is 1. The molecule has 4 heteroatoms. The van der Waals surface area contributed by atoms with Gasteiger partial charge in [0, 0.05) is 10.6 Å². The van der Waals surface area contributed by atoms with Crippen LogP contribution in [0.25, 0.3) is 0 Å². The molecule has 1 rings (SSSR count). The Morgan fingerprint density at radius 3 is 2.57 bits per heavy atom. The predicted molar refractivity (Wildman–Crippen MR) is 60.8 cm³/mol. The van der Waals surface area contributed by atoms with Crippen LogP contribution in [-0.4, -0.2) is 5.75 Å². The number of anilines is 2. The Balaban J connectivity index is 2.83. The normalized spacial score (nSPS) is 10.9. The molecule has 1 aromatic carbocycles. The molecule has 78 valence electrons. The zero-order chi connectivity index (χ0) is 10.7. The Morgan fingerprint density at radius 2 is 2.00 bits per heavy atom. The number of hydrogen-bond donors (Lipinski definition) is 2. The van der Waals surface area contributed by atoms with Crippen LogP contribution in [0.3, 0.4) is 0 Å². The molecule has 0 radical (unpaired) electrons. The molecule has 0 saturated heterocycles.